The van der Waals surface area contributed by atoms with Gasteiger partial charge in [0.1, 0.15) is 0 Å². The number of nitrogens with one attached hydrogen (secondary N) is 1. The van der Waals surface area contributed by atoms with Gasteiger partial charge in [0.15, 0.2) is 0 Å². The van der Waals surface area contributed by atoms with Crippen molar-refractivity contribution in [2.75, 3.05) is 6.54 Å². The van der Waals surface area contributed by atoms with Crippen molar-refractivity contribution >= 4 is 0 Å². The van der Waals surface area contributed by atoms with E-state index in [4.69, 9.17) is 0 Å². The summed E-state index contributed by atoms with van der Waals surface area (Å²) in [4.78, 5) is 0. The van der Waals surface area contributed by atoms with E-state index in [1.807, 2.05) is 0 Å². The Morgan fingerprint density at radius 2 is 1.00 bits per heavy atom. The van der Waals surface area contributed by atoms with Crippen molar-refractivity contribution in [1.82, 2.24) is 5.32 Å². The van der Waals surface area contributed by atoms with Crippen LogP contribution in [0.2, 0.25) is 0 Å². The van der Waals surface area contributed by atoms with Crippen molar-refractivity contribution < 1.29 is 0 Å². The number of hydrogen-bond donors (Lipinski definition) is 1. The van der Waals surface area contributed by atoms with Crippen LogP contribution < -0.4 is 5.32 Å². The predicted molar refractivity (Wildman–Crippen MR) is 142 cm³/mol. The van der Waals surface area contributed by atoms with E-state index >= 15 is 0 Å². The van der Waals surface area contributed by atoms with E-state index in [2.05, 4.69) is 77.2 Å². The van der Waals surface area contributed by atoms with Gasteiger partial charge in [0.25, 0.3) is 0 Å². The third-order valence-corrected chi connectivity index (χ3v) is 6.06. The molecule has 31 heavy (non-hydrogen) atoms. The van der Waals surface area contributed by atoms with Gasteiger partial charge < -0.3 is 5.32 Å². The first-order valence-corrected chi connectivity index (χ1v) is 12.9. The maximum atomic E-state index is 3.60. The quantitative estimate of drug-likeness (QED) is 0.181. The topological polar surface area (TPSA) is 12.0 Å². The van der Waals surface area contributed by atoms with Crippen molar-refractivity contribution in [2.24, 2.45) is 0 Å². The molecule has 0 bridgehead atoms. The smallest absolute Gasteiger partial charge is 0.00682 e. The van der Waals surface area contributed by atoms with Crippen LogP contribution in [-0.4, -0.2) is 12.6 Å². The van der Waals surface area contributed by atoms with Crippen molar-refractivity contribution in [3.8, 4) is 0 Å². The van der Waals surface area contributed by atoms with E-state index in [-0.39, 0.29) is 0 Å². The zero-order valence-corrected chi connectivity index (χ0v) is 21.7. The van der Waals surface area contributed by atoms with Gasteiger partial charge >= 0.3 is 0 Å². The highest BCUT2D eigenvalue weighted by atomic mass is 14.9. The molecule has 1 saturated carbocycles. The van der Waals surface area contributed by atoms with Crippen LogP contribution in [0, 0.1) is 0 Å². The zero-order chi connectivity index (χ0) is 22.9. The second-order valence-corrected chi connectivity index (χ2v) is 10.0. The van der Waals surface area contributed by atoms with Crippen LogP contribution in [0.4, 0.5) is 0 Å². The minimum absolute atomic E-state index is 0.847. The Bertz CT molecular complexity index is 633. The standard InChI is InChI=1S/C30H51N/c1-25(2)13-9-16-28(5)19-10-17-26(3)14-7-8-15-27(4)18-11-20-29(6)21-12-24-31-30-22-23-30/h13-15,19-20,30-31H,7-12,16-18,21-24H2,1-6H3/b26-14-,27-15-,28-19-,29-20-. The minimum atomic E-state index is 0.847. The van der Waals surface area contributed by atoms with Gasteiger partial charge in [0, 0.05) is 6.04 Å². The molecular formula is C30H51N. The lowest BCUT2D eigenvalue weighted by atomic mass is 10.0. The van der Waals surface area contributed by atoms with Crippen LogP contribution >= 0.6 is 0 Å². The number of allylic oxidation sites excluding steroid dienone is 10. The maximum absolute atomic E-state index is 3.60. The fourth-order valence-corrected chi connectivity index (χ4v) is 3.71. The second-order valence-electron chi connectivity index (χ2n) is 10.0. The van der Waals surface area contributed by atoms with Crippen molar-refractivity contribution in [2.45, 2.75) is 125 Å². The molecule has 0 saturated heterocycles. The molecule has 0 aromatic rings. The third kappa shape index (κ3) is 18.0. The predicted octanol–water partition coefficient (Wildman–Crippen LogP) is 9.39. The Morgan fingerprint density at radius 1 is 0.581 bits per heavy atom. The van der Waals surface area contributed by atoms with Gasteiger partial charge in [-0.3, -0.25) is 0 Å². The Hall–Kier alpha value is -1.34. The van der Waals surface area contributed by atoms with Crippen LogP contribution in [0.25, 0.3) is 0 Å². The molecule has 0 heterocycles. The molecule has 0 unspecified atom stereocenters. The van der Waals surface area contributed by atoms with Crippen molar-refractivity contribution in [1.29, 1.82) is 0 Å². The van der Waals surface area contributed by atoms with Crippen LogP contribution in [0.5, 0.6) is 0 Å². The highest BCUT2D eigenvalue weighted by Gasteiger charge is 2.19. The van der Waals surface area contributed by atoms with Gasteiger partial charge in [-0.25, -0.2) is 0 Å². The van der Waals surface area contributed by atoms with E-state index in [9.17, 15) is 0 Å². The summed E-state index contributed by atoms with van der Waals surface area (Å²) < 4.78 is 0. The van der Waals surface area contributed by atoms with Gasteiger partial charge in [-0.15, -0.1) is 0 Å². The van der Waals surface area contributed by atoms with E-state index in [1.54, 1.807) is 11.1 Å². The van der Waals surface area contributed by atoms with Gasteiger partial charge in [0.05, 0.1) is 0 Å². The molecule has 0 aromatic heterocycles. The molecule has 1 nitrogen and oxygen atoms in total. The lowest BCUT2D eigenvalue weighted by molar-refractivity contribution is 0.643. The molecule has 1 rings (SSSR count). The molecule has 1 aliphatic rings. The molecule has 0 radical (unpaired) electrons. The van der Waals surface area contributed by atoms with Crippen LogP contribution in [0.3, 0.4) is 0 Å². The summed E-state index contributed by atoms with van der Waals surface area (Å²) in [5, 5.41) is 3.60. The third-order valence-electron chi connectivity index (χ3n) is 6.06. The number of hydrogen-bond acceptors (Lipinski definition) is 1. The lowest BCUT2D eigenvalue weighted by Gasteiger charge is -2.04. The molecule has 1 N–H and O–H groups in total. The van der Waals surface area contributed by atoms with Crippen molar-refractivity contribution in [3.63, 3.8) is 0 Å². The molecule has 1 fully saturated rings. The summed E-state index contributed by atoms with van der Waals surface area (Å²) in [6.45, 7) is 14.7. The summed E-state index contributed by atoms with van der Waals surface area (Å²) in [6.07, 6.45) is 26.9. The highest BCUT2D eigenvalue weighted by molar-refractivity contribution is 5.07. The SMILES string of the molecule is CC(C)=CCC/C(C)=C\CC/C(C)=C\CC/C=C(/C)CC/C=C(/C)CCCNC1CC1. The second kappa shape index (κ2) is 17.2. The maximum Gasteiger partial charge on any atom is 0.00682 e. The summed E-state index contributed by atoms with van der Waals surface area (Å²) in [6, 6.07) is 0.847. The minimum Gasteiger partial charge on any atom is -0.314 e. The van der Waals surface area contributed by atoms with Gasteiger partial charge in [-0.05, 0) is 125 Å². The number of unbranched alkanes of at least 4 members (excludes halogenated alkanes) is 1. The highest BCUT2D eigenvalue weighted by Crippen LogP contribution is 2.19. The Balaban J connectivity index is 2.11. The molecule has 1 heteroatoms. The van der Waals surface area contributed by atoms with Crippen molar-refractivity contribution in [3.05, 3.63) is 58.2 Å². The van der Waals surface area contributed by atoms with Crippen LogP contribution in [0.15, 0.2) is 58.2 Å². The normalized spacial score (nSPS) is 16.1. The Morgan fingerprint density at radius 3 is 1.45 bits per heavy atom. The monoisotopic (exact) mass is 425 g/mol. The molecule has 176 valence electrons. The average molecular weight is 426 g/mol. The molecule has 0 aromatic carbocycles. The fraction of sp³-hybridized carbons (Fsp3) is 0.667. The summed E-state index contributed by atoms with van der Waals surface area (Å²) in [5.74, 6) is 0. The summed E-state index contributed by atoms with van der Waals surface area (Å²) >= 11 is 0. The zero-order valence-electron chi connectivity index (χ0n) is 21.7. The first-order valence-electron chi connectivity index (χ1n) is 12.9. The fourth-order valence-electron chi connectivity index (χ4n) is 3.71. The first kappa shape index (κ1) is 27.7. The Labute approximate surface area is 194 Å². The summed E-state index contributed by atoms with van der Waals surface area (Å²) in [5.41, 5.74) is 7.59. The molecule has 0 spiro atoms. The Kier molecular flexibility index (Phi) is 15.4. The molecule has 0 aliphatic heterocycles. The van der Waals surface area contributed by atoms with Gasteiger partial charge in [-0.2, -0.15) is 0 Å². The van der Waals surface area contributed by atoms with E-state index < -0.39 is 0 Å². The van der Waals surface area contributed by atoms with Gasteiger partial charge in [-0.1, -0.05) is 58.2 Å². The molecular weight excluding hydrogens is 374 g/mol. The first-order chi connectivity index (χ1) is 14.9. The van der Waals surface area contributed by atoms with E-state index in [0.29, 0.717) is 0 Å². The largest absolute Gasteiger partial charge is 0.314 e. The average Bonchev–Trinajstić information content (AvgIpc) is 3.53. The van der Waals surface area contributed by atoms with Crippen LogP contribution in [0.1, 0.15) is 119 Å². The molecule has 1 aliphatic carbocycles. The lowest BCUT2D eigenvalue weighted by Crippen LogP contribution is -2.17. The number of rotatable bonds is 17. The van der Waals surface area contributed by atoms with Crippen LogP contribution in [-0.2, 0) is 0 Å². The molecule has 0 atom stereocenters. The molecule has 0 amide bonds. The van der Waals surface area contributed by atoms with E-state index in [0.717, 1.165) is 6.04 Å². The summed E-state index contributed by atoms with van der Waals surface area (Å²) in [7, 11) is 0. The van der Waals surface area contributed by atoms with E-state index in [1.165, 1.54) is 100 Å². The van der Waals surface area contributed by atoms with Gasteiger partial charge in [0.2, 0.25) is 0 Å².